The van der Waals surface area contributed by atoms with Crippen molar-refractivity contribution in [3.8, 4) is 0 Å². The quantitative estimate of drug-likeness (QED) is 0.727. The number of alkyl carbamates (subject to hydrolysis) is 1. The Morgan fingerprint density at radius 2 is 2.12 bits per heavy atom. The standard InChI is InChI=1S/C19H29NO4/c1-15(7-8-16-9-10-18(13-16)23-12-11-21)20-19(22)24-14-17-5-3-2-4-6-17/h2-6,15-16,18,21H,7-14H2,1H3,(H,20,22). The molecule has 24 heavy (non-hydrogen) atoms. The maximum atomic E-state index is 11.8. The van der Waals surface area contributed by atoms with Crippen molar-refractivity contribution in [2.45, 2.75) is 57.8 Å². The van der Waals surface area contributed by atoms with Gasteiger partial charge >= 0.3 is 6.09 Å². The van der Waals surface area contributed by atoms with Gasteiger partial charge in [-0.05, 0) is 50.5 Å². The van der Waals surface area contributed by atoms with Crippen LogP contribution in [0.25, 0.3) is 0 Å². The van der Waals surface area contributed by atoms with Crippen molar-refractivity contribution in [1.29, 1.82) is 0 Å². The minimum atomic E-state index is -0.359. The normalized spacial score (nSPS) is 21.4. The smallest absolute Gasteiger partial charge is 0.407 e. The van der Waals surface area contributed by atoms with E-state index >= 15 is 0 Å². The lowest BCUT2D eigenvalue weighted by Gasteiger charge is -2.17. The van der Waals surface area contributed by atoms with E-state index in [1.165, 1.54) is 6.42 Å². The van der Waals surface area contributed by atoms with Crippen LogP contribution in [0.4, 0.5) is 4.79 Å². The van der Waals surface area contributed by atoms with Crippen molar-refractivity contribution in [3.05, 3.63) is 35.9 Å². The molecule has 0 aliphatic heterocycles. The van der Waals surface area contributed by atoms with Crippen LogP contribution < -0.4 is 5.32 Å². The summed E-state index contributed by atoms with van der Waals surface area (Å²) in [6.45, 7) is 2.83. The number of aliphatic hydroxyl groups is 1. The summed E-state index contributed by atoms with van der Waals surface area (Å²) in [5.74, 6) is 0.651. The molecular weight excluding hydrogens is 306 g/mol. The fourth-order valence-electron chi connectivity index (χ4n) is 3.19. The predicted octanol–water partition coefficient (Wildman–Crippen LogP) is 3.26. The number of carbonyl (C=O) groups excluding carboxylic acids is 1. The minimum Gasteiger partial charge on any atom is -0.445 e. The highest BCUT2D eigenvalue weighted by molar-refractivity contribution is 5.67. The summed E-state index contributed by atoms with van der Waals surface area (Å²) in [4.78, 5) is 11.8. The highest BCUT2D eigenvalue weighted by atomic mass is 16.5. The Bertz CT molecular complexity index is 480. The van der Waals surface area contributed by atoms with E-state index in [1.807, 2.05) is 37.3 Å². The van der Waals surface area contributed by atoms with Crippen molar-refractivity contribution in [1.82, 2.24) is 5.32 Å². The number of nitrogens with one attached hydrogen (secondary N) is 1. The van der Waals surface area contributed by atoms with Crippen LogP contribution in [0.15, 0.2) is 30.3 Å². The van der Waals surface area contributed by atoms with Gasteiger partial charge in [0.25, 0.3) is 0 Å². The van der Waals surface area contributed by atoms with Crippen molar-refractivity contribution in [2.24, 2.45) is 5.92 Å². The molecule has 5 heteroatoms. The second-order valence-electron chi connectivity index (χ2n) is 6.58. The highest BCUT2D eigenvalue weighted by Gasteiger charge is 2.25. The second kappa shape index (κ2) is 10.3. The van der Waals surface area contributed by atoms with Crippen molar-refractivity contribution in [3.63, 3.8) is 0 Å². The Labute approximate surface area is 144 Å². The van der Waals surface area contributed by atoms with Crippen LogP contribution in [0.1, 0.15) is 44.6 Å². The second-order valence-corrected chi connectivity index (χ2v) is 6.58. The number of hydrogen-bond acceptors (Lipinski definition) is 4. The Morgan fingerprint density at radius 1 is 1.33 bits per heavy atom. The van der Waals surface area contributed by atoms with Gasteiger partial charge in [-0.3, -0.25) is 0 Å². The van der Waals surface area contributed by atoms with E-state index in [9.17, 15) is 4.79 Å². The first-order chi connectivity index (χ1) is 11.7. The van der Waals surface area contributed by atoms with Crippen LogP contribution in [0.3, 0.4) is 0 Å². The lowest BCUT2D eigenvalue weighted by molar-refractivity contribution is 0.0305. The molecule has 3 unspecified atom stereocenters. The predicted molar refractivity (Wildman–Crippen MR) is 92.6 cm³/mol. The zero-order valence-corrected chi connectivity index (χ0v) is 14.4. The fraction of sp³-hybridized carbons (Fsp3) is 0.632. The molecule has 0 radical (unpaired) electrons. The van der Waals surface area contributed by atoms with Gasteiger partial charge in [-0.15, -0.1) is 0 Å². The number of aliphatic hydroxyl groups excluding tert-OH is 1. The molecule has 2 N–H and O–H groups in total. The molecule has 0 heterocycles. The van der Waals surface area contributed by atoms with E-state index in [-0.39, 0.29) is 18.7 Å². The average Bonchev–Trinajstić information content (AvgIpc) is 3.05. The van der Waals surface area contributed by atoms with E-state index in [2.05, 4.69) is 5.32 Å². The molecule has 2 rings (SSSR count). The molecule has 3 atom stereocenters. The molecule has 0 spiro atoms. The third-order valence-electron chi connectivity index (χ3n) is 4.52. The molecule has 1 aromatic carbocycles. The van der Waals surface area contributed by atoms with E-state index < -0.39 is 0 Å². The molecule has 1 saturated carbocycles. The monoisotopic (exact) mass is 335 g/mol. The lowest BCUT2D eigenvalue weighted by atomic mass is 9.99. The third kappa shape index (κ3) is 6.89. The van der Waals surface area contributed by atoms with Gasteiger partial charge in [0.05, 0.1) is 19.3 Å². The molecule has 0 bridgehead atoms. The summed E-state index contributed by atoms with van der Waals surface area (Å²) in [7, 11) is 0. The molecule has 134 valence electrons. The topological polar surface area (TPSA) is 67.8 Å². The summed E-state index contributed by atoms with van der Waals surface area (Å²) in [6, 6.07) is 9.77. The minimum absolute atomic E-state index is 0.0905. The summed E-state index contributed by atoms with van der Waals surface area (Å²) >= 11 is 0. The highest BCUT2D eigenvalue weighted by Crippen LogP contribution is 2.31. The third-order valence-corrected chi connectivity index (χ3v) is 4.52. The Morgan fingerprint density at radius 3 is 2.88 bits per heavy atom. The van der Waals surface area contributed by atoms with Gasteiger partial charge in [0, 0.05) is 6.04 Å². The van der Waals surface area contributed by atoms with E-state index in [4.69, 9.17) is 14.6 Å². The average molecular weight is 335 g/mol. The van der Waals surface area contributed by atoms with Gasteiger partial charge in [-0.2, -0.15) is 0 Å². The molecule has 5 nitrogen and oxygen atoms in total. The van der Waals surface area contributed by atoms with Crippen LogP contribution in [0.5, 0.6) is 0 Å². The molecule has 1 amide bonds. The summed E-state index contributed by atoms with van der Waals surface area (Å²) in [5, 5.41) is 11.7. The van der Waals surface area contributed by atoms with Gasteiger partial charge in [0.2, 0.25) is 0 Å². The number of carbonyl (C=O) groups is 1. The summed E-state index contributed by atoms with van der Waals surface area (Å²) in [6.07, 6.45) is 5.26. The van der Waals surface area contributed by atoms with Crippen molar-refractivity contribution >= 4 is 6.09 Å². The number of rotatable bonds is 9. The first-order valence-electron chi connectivity index (χ1n) is 8.87. The zero-order valence-electron chi connectivity index (χ0n) is 14.4. The van der Waals surface area contributed by atoms with Crippen LogP contribution >= 0.6 is 0 Å². The number of amides is 1. The van der Waals surface area contributed by atoms with E-state index in [1.54, 1.807) is 0 Å². The molecule has 0 saturated heterocycles. The van der Waals surface area contributed by atoms with Crippen LogP contribution in [-0.4, -0.2) is 36.6 Å². The molecule has 1 aliphatic carbocycles. The first kappa shape index (κ1) is 18.7. The maximum Gasteiger partial charge on any atom is 0.407 e. The van der Waals surface area contributed by atoms with Gasteiger partial charge in [-0.25, -0.2) is 4.79 Å². The van der Waals surface area contributed by atoms with Crippen LogP contribution in [0, 0.1) is 5.92 Å². The van der Waals surface area contributed by atoms with Gasteiger partial charge in [-0.1, -0.05) is 30.3 Å². The number of ether oxygens (including phenoxy) is 2. The van der Waals surface area contributed by atoms with Gasteiger partial charge < -0.3 is 19.9 Å². The van der Waals surface area contributed by atoms with Gasteiger partial charge in [0.15, 0.2) is 0 Å². The Balaban J connectivity index is 1.57. The fourth-order valence-corrected chi connectivity index (χ4v) is 3.19. The first-order valence-corrected chi connectivity index (χ1v) is 8.87. The van der Waals surface area contributed by atoms with Crippen molar-refractivity contribution < 1.29 is 19.4 Å². The summed E-state index contributed by atoms with van der Waals surface area (Å²) in [5.41, 5.74) is 0.986. The van der Waals surface area contributed by atoms with Crippen LogP contribution in [0.2, 0.25) is 0 Å². The van der Waals surface area contributed by atoms with Crippen molar-refractivity contribution in [2.75, 3.05) is 13.2 Å². The SMILES string of the molecule is CC(CCC1CCC(OCCO)C1)NC(=O)OCc1ccccc1. The molecular formula is C19H29NO4. The molecule has 1 fully saturated rings. The Kier molecular flexibility index (Phi) is 8.05. The summed E-state index contributed by atoms with van der Waals surface area (Å²) < 4.78 is 10.8. The molecule has 0 aromatic heterocycles. The van der Waals surface area contributed by atoms with E-state index in [0.717, 1.165) is 31.2 Å². The maximum absolute atomic E-state index is 11.8. The molecule has 1 aromatic rings. The van der Waals surface area contributed by atoms with Gasteiger partial charge in [0.1, 0.15) is 6.61 Å². The number of benzene rings is 1. The largest absolute Gasteiger partial charge is 0.445 e. The Hall–Kier alpha value is -1.59. The molecule has 1 aliphatic rings. The lowest BCUT2D eigenvalue weighted by Crippen LogP contribution is -2.33. The zero-order chi connectivity index (χ0) is 17.2. The van der Waals surface area contributed by atoms with E-state index in [0.29, 0.717) is 25.2 Å². The van der Waals surface area contributed by atoms with Crippen LogP contribution in [-0.2, 0) is 16.1 Å². The number of hydrogen-bond donors (Lipinski definition) is 2.